The number of nitrogens with zero attached hydrogens (tertiary/aromatic N) is 2. The number of hydrogen-bond acceptors (Lipinski definition) is 4. The smallest absolute Gasteiger partial charge is 0.260 e. The molecular weight excluding hydrogens is 452 g/mol. The molecule has 0 aliphatic heterocycles. The van der Waals surface area contributed by atoms with Crippen molar-refractivity contribution in [3.8, 4) is 0 Å². The van der Waals surface area contributed by atoms with E-state index in [9.17, 15) is 4.79 Å². The number of hydrogen-bond donors (Lipinski definition) is 0. The second-order valence-electron chi connectivity index (χ2n) is 7.90. The first-order chi connectivity index (χ1) is 16.1. The van der Waals surface area contributed by atoms with Crippen LogP contribution in [0.3, 0.4) is 0 Å². The third-order valence-corrected chi connectivity index (χ3v) is 6.70. The van der Waals surface area contributed by atoms with E-state index in [4.69, 9.17) is 21.0 Å². The molecule has 0 spiro atoms. The van der Waals surface area contributed by atoms with Crippen molar-refractivity contribution in [3.05, 3.63) is 118 Å². The Balaban J connectivity index is 1.46. The van der Waals surface area contributed by atoms with Crippen LogP contribution in [0.5, 0.6) is 0 Å². The normalized spacial score (nSPS) is 11.1. The number of anilines is 1. The summed E-state index contributed by atoms with van der Waals surface area (Å²) in [7, 11) is 0. The monoisotopic (exact) mass is 472 g/mol. The maximum Gasteiger partial charge on any atom is 0.260 e. The Kier molecular flexibility index (Phi) is 5.99. The Hall–Kier alpha value is -3.41. The fourth-order valence-electron chi connectivity index (χ4n) is 3.80. The summed E-state index contributed by atoms with van der Waals surface area (Å²) in [4.78, 5) is 20.0. The average Bonchev–Trinajstić information content (AvgIpc) is 3.48. The zero-order chi connectivity index (χ0) is 22.8. The third kappa shape index (κ3) is 4.70. The Morgan fingerprint density at radius 2 is 1.76 bits per heavy atom. The van der Waals surface area contributed by atoms with Crippen molar-refractivity contribution < 1.29 is 9.21 Å². The van der Waals surface area contributed by atoms with Crippen LogP contribution in [0.2, 0.25) is 5.02 Å². The van der Waals surface area contributed by atoms with Crippen molar-refractivity contribution in [1.82, 2.24) is 4.98 Å². The standard InChI is InChI=1S/C27H21ClN2O2S/c1-18-14-22(28)16-24-25(18)29-27(33-24)30(17-23-8-5-13-32-23)26(31)21-11-9-20(10-12-21)15-19-6-3-2-4-7-19/h2-14,16H,15,17H2,1H3. The van der Waals surface area contributed by atoms with Gasteiger partial charge in [-0.2, -0.15) is 0 Å². The number of fused-ring (bicyclic) bond motifs is 1. The second kappa shape index (κ2) is 9.22. The number of carbonyl (C=O) groups is 1. The first-order valence-corrected chi connectivity index (χ1v) is 11.8. The quantitative estimate of drug-likeness (QED) is 0.260. The molecule has 2 aromatic heterocycles. The maximum absolute atomic E-state index is 13.6. The van der Waals surface area contributed by atoms with Gasteiger partial charge in [0, 0.05) is 10.6 Å². The van der Waals surface area contributed by atoms with Crippen LogP contribution in [-0.4, -0.2) is 10.9 Å². The molecule has 3 aromatic carbocycles. The van der Waals surface area contributed by atoms with Crippen molar-refractivity contribution in [3.63, 3.8) is 0 Å². The lowest BCUT2D eigenvalue weighted by Gasteiger charge is -2.19. The van der Waals surface area contributed by atoms with Gasteiger partial charge in [-0.05, 0) is 66.4 Å². The molecule has 0 aliphatic carbocycles. The second-order valence-corrected chi connectivity index (χ2v) is 9.34. The molecule has 164 valence electrons. The molecule has 4 nitrogen and oxygen atoms in total. The van der Waals surface area contributed by atoms with Crippen LogP contribution in [0.15, 0.2) is 89.5 Å². The van der Waals surface area contributed by atoms with E-state index in [0.717, 1.165) is 27.8 Å². The third-order valence-electron chi connectivity index (χ3n) is 5.46. The summed E-state index contributed by atoms with van der Waals surface area (Å²) in [5.41, 5.74) is 4.83. The Labute approximate surface area is 201 Å². The van der Waals surface area contributed by atoms with E-state index in [1.165, 1.54) is 16.9 Å². The van der Waals surface area contributed by atoms with E-state index < -0.39 is 0 Å². The van der Waals surface area contributed by atoms with Crippen LogP contribution in [-0.2, 0) is 13.0 Å². The van der Waals surface area contributed by atoms with Crippen LogP contribution < -0.4 is 4.90 Å². The van der Waals surface area contributed by atoms with Crippen molar-refractivity contribution in [2.75, 3.05) is 4.90 Å². The summed E-state index contributed by atoms with van der Waals surface area (Å²) in [5.74, 6) is 0.568. The number of rotatable bonds is 6. The number of furan rings is 1. The Morgan fingerprint density at radius 1 is 1.00 bits per heavy atom. The van der Waals surface area contributed by atoms with Crippen LogP contribution in [0.1, 0.15) is 32.8 Å². The van der Waals surface area contributed by atoms with E-state index in [1.54, 1.807) is 11.2 Å². The highest BCUT2D eigenvalue weighted by atomic mass is 35.5. The fourth-order valence-corrected chi connectivity index (χ4v) is 5.21. The zero-order valence-corrected chi connectivity index (χ0v) is 19.6. The van der Waals surface area contributed by atoms with Crippen LogP contribution >= 0.6 is 22.9 Å². The summed E-state index contributed by atoms with van der Waals surface area (Å²) in [6, 6.07) is 25.5. The topological polar surface area (TPSA) is 46.3 Å². The maximum atomic E-state index is 13.6. The van der Waals surface area contributed by atoms with E-state index >= 15 is 0 Å². The number of thiazole rings is 1. The van der Waals surface area contributed by atoms with Gasteiger partial charge in [0.1, 0.15) is 5.76 Å². The minimum Gasteiger partial charge on any atom is -0.467 e. The van der Waals surface area contributed by atoms with Gasteiger partial charge in [-0.15, -0.1) is 0 Å². The highest BCUT2D eigenvalue weighted by Crippen LogP contribution is 2.34. The number of halogens is 1. The predicted molar refractivity (Wildman–Crippen MR) is 134 cm³/mol. The highest BCUT2D eigenvalue weighted by molar-refractivity contribution is 7.22. The van der Waals surface area contributed by atoms with Crippen molar-refractivity contribution in [2.24, 2.45) is 0 Å². The number of aromatic nitrogens is 1. The molecule has 5 aromatic rings. The summed E-state index contributed by atoms with van der Waals surface area (Å²) >= 11 is 7.69. The Morgan fingerprint density at radius 3 is 2.48 bits per heavy atom. The number of aryl methyl sites for hydroxylation is 1. The van der Waals surface area contributed by atoms with Gasteiger partial charge in [-0.3, -0.25) is 9.69 Å². The molecule has 0 N–H and O–H groups in total. The van der Waals surface area contributed by atoms with Crippen molar-refractivity contribution >= 4 is 44.2 Å². The molecule has 2 heterocycles. The van der Waals surface area contributed by atoms with Gasteiger partial charge in [0.25, 0.3) is 5.91 Å². The van der Waals surface area contributed by atoms with Gasteiger partial charge in [0.2, 0.25) is 0 Å². The SMILES string of the molecule is Cc1cc(Cl)cc2sc(N(Cc3ccco3)C(=O)c3ccc(Cc4ccccc4)cc3)nc12. The molecule has 0 bridgehead atoms. The van der Waals surface area contributed by atoms with Gasteiger partial charge in [-0.1, -0.05) is 65.4 Å². The molecule has 33 heavy (non-hydrogen) atoms. The largest absolute Gasteiger partial charge is 0.467 e. The molecule has 0 saturated heterocycles. The van der Waals surface area contributed by atoms with Crippen LogP contribution in [0, 0.1) is 6.92 Å². The zero-order valence-electron chi connectivity index (χ0n) is 18.0. The van der Waals surface area contributed by atoms with Crippen molar-refractivity contribution in [2.45, 2.75) is 19.9 Å². The molecule has 6 heteroatoms. The Bertz CT molecular complexity index is 1390. The molecule has 5 rings (SSSR count). The highest BCUT2D eigenvalue weighted by Gasteiger charge is 2.23. The molecule has 0 unspecified atom stereocenters. The molecule has 0 fully saturated rings. The lowest BCUT2D eigenvalue weighted by Crippen LogP contribution is -2.30. The van der Waals surface area contributed by atoms with Gasteiger partial charge in [0.05, 0.1) is 23.0 Å². The van der Waals surface area contributed by atoms with Crippen LogP contribution in [0.4, 0.5) is 5.13 Å². The van der Waals surface area contributed by atoms with Gasteiger partial charge in [0.15, 0.2) is 5.13 Å². The lowest BCUT2D eigenvalue weighted by molar-refractivity contribution is 0.0983. The first kappa shape index (κ1) is 21.4. The molecule has 0 saturated carbocycles. The van der Waals surface area contributed by atoms with Gasteiger partial charge >= 0.3 is 0 Å². The molecule has 0 radical (unpaired) electrons. The van der Waals surface area contributed by atoms with Crippen molar-refractivity contribution in [1.29, 1.82) is 0 Å². The predicted octanol–water partition coefficient (Wildman–Crippen LogP) is 7.29. The van der Waals surface area contributed by atoms with Crippen LogP contribution in [0.25, 0.3) is 10.2 Å². The van der Waals surface area contributed by atoms with E-state index in [-0.39, 0.29) is 5.91 Å². The lowest BCUT2D eigenvalue weighted by atomic mass is 10.0. The van der Waals surface area contributed by atoms with E-state index in [0.29, 0.717) is 28.0 Å². The number of amides is 1. The fraction of sp³-hybridized carbons (Fsp3) is 0.111. The summed E-state index contributed by atoms with van der Waals surface area (Å²) < 4.78 is 6.49. The van der Waals surface area contributed by atoms with E-state index in [2.05, 4.69) is 12.1 Å². The summed E-state index contributed by atoms with van der Waals surface area (Å²) in [6.07, 6.45) is 2.43. The molecule has 1 amide bonds. The number of benzene rings is 3. The molecule has 0 atom stereocenters. The minimum atomic E-state index is -0.125. The summed E-state index contributed by atoms with van der Waals surface area (Å²) in [5, 5.41) is 1.28. The average molecular weight is 473 g/mol. The molecular formula is C27H21ClN2O2S. The van der Waals surface area contributed by atoms with E-state index in [1.807, 2.05) is 73.7 Å². The first-order valence-electron chi connectivity index (χ1n) is 10.6. The summed E-state index contributed by atoms with van der Waals surface area (Å²) in [6.45, 7) is 2.27. The van der Waals surface area contributed by atoms with Gasteiger partial charge in [-0.25, -0.2) is 4.98 Å². The molecule has 0 aliphatic rings. The van der Waals surface area contributed by atoms with Gasteiger partial charge < -0.3 is 4.42 Å². The minimum absolute atomic E-state index is 0.125. The number of carbonyl (C=O) groups excluding carboxylic acids is 1.